The molecule has 0 amide bonds. The van der Waals surface area contributed by atoms with E-state index in [9.17, 15) is 19.1 Å². The lowest BCUT2D eigenvalue weighted by Crippen LogP contribution is -2.11. The Labute approximate surface area is 128 Å². The van der Waals surface area contributed by atoms with E-state index in [4.69, 9.17) is 11.6 Å². The van der Waals surface area contributed by atoms with Crippen molar-refractivity contribution in [3.8, 4) is 0 Å². The molecule has 0 aliphatic heterocycles. The summed E-state index contributed by atoms with van der Waals surface area (Å²) in [5, 5.41) is 11.1. The predicted octanol–water partition coefficient (Wildman–Crippen LogP) is 3.24. The predicted molar refractivity (Wildman–Crippen MR) is 80.2 cm³/mol. The van der Waals surface area contributed by atoms with Gasteiger partial charge >= 0.3 is 0 Å². The number of ketones is 1. The molecule has 0 aliphatic rings. The summed E-state index contributed by atoms with van der Waals surface area (Å²) in [4.78, 5) is 22.3. The second kappa shape index (κ2) is 6.60. The van der Waals surface area contributed by atoms with Crippen molar-refractivity contribution in [2.24, 2.45) is 0 Å². The normalized spacial score (nSPS) is 11.9. The molecular formula is C14H10ClNO4S. The van der Waals surface area contributed by atoms with Gasteiger partial charge in [-0.25, -0.2) is 0 Å². The van der Waals surface area contributed by atoms with Crippen LogP contribution in [0.15, 0.2) is 53.4 Å². The monoisotopic (exact) mass is 323 g/mol. The first-order chi connectivity index (χ1) is 9.97. The van der Waals surface area contributed by atoms with Crippen LogP contribution in [-0.4, -0.2) is 20.7 Å². The van der Waals surface area contributed by atoms with Gasteiger partial charge in [0, 0.05) is 27.6 Å². The van der Waals surface area contributed by atoms with Crippen molar-refractivity contribution in [2.75, 3.05) is 5.75 Å². The van der Waals surface area contributed by atoms with Crippen molar-refractivity contribution in [3.63, 3.8) is 0 Å². The van der Waals surface area contributed by atoms with Gasteiger partial charge in [-0.2, -0.15) is 0 Å². The Kier molecular flexibility index (Phi) is 4.82. The van der Waals surface area contributed by atoms with E-state index in [-0.39, 0.29) is 17.2 Å². The average molecular weight is 324 g/mol. The topological polar surface area (TPSA) is 77.3 Å². The van der Waals surface area contributed by atoms with Gasteiger partial charge in [0.2, 0.25) is 0 Å². The number of nitro groups is 1. The first-order valence-electron chi connectivity index (χ1n) is 5.89. The van der Waals surface area contributed by atoms with Crippen LogP contribution in [-0.2, 0) is 10.8 Å². The molecule has 0 aromatic heterocycles. The first kappa shape index (κ1) is 15.3. The largest absolute Gasteiger partial charge is 0.293 e. The number of carbonyl (C=O) groups is 1. The number of nitrogens with zero attached hydrogens (tertiary/aromatic N) is 1. The SMILES string of the molecule is O=C(CS(=O)c1ccc([N+](=O)[O-])cc1)c1ccc(Cl)cc1. The molecule has 0 saturated heterocycles. The van der Waals surface area contributed by atoms with Crippen LogP contribution in [0.3, 0.4) is 0 Å². The quantitative estimate of drug-likeness (QED) is 0.481. The summed E-state index contributed by atoms with van der Waals surface area (Å²) < 4.78 is 12.1. The Bertz CT molecular complexity index is 698. The summed E-state index contributed by atoms with van der Waals surface area (Å²) in [5.74, 6) is -0.456. The molecule has 5 nitrogen and oxygen atoms in total. The van der Waals surface area contributed by atoms with Crippen LogP contribution in [0.5, 0.6) is 0 Å². The second-order valence-corrected chi connectivity index (χ2v) is 6.06. The lowest BCUT2D eigenvalue weighted by molar-refractivity contribution is -0.384. The molecule has 0 heterocycles. The van der Waals surface area contributed by atoms with E-state index in [2.05, 4.69) is 0 Å². The number of carbonyl (C=O) groups excluding carboxylic acids is 1. The Hall–Kier alpha value is -2.05. The molecule has 2 aromatic rings. The van der Waals surface area contributed by atoms with Gasteiger partial charge in [0.15, 0.2) is 5.78 Å². The Morgan fingerprint density at radius 3 is 2.19 bits per heavy atom. The van der Waals surface area contributed by atoms with Crippen molar-refractivity contribution in [3.05, 3.63) is 69.2 Å². The lowest BCUT2D eigenvalue weighted by atomic mass is 10.1. The molecule has 0 fully saturated rings. The van der Waals surface area contributed by atoms with E-state index >= 15 is 0 Å². The molecule has 0 spiro atoms. The van der Waals surface area contributed by atoms with E-state index in [1.807, 2.05) is 0 Å². The number of halogens is 1. The van der Waals surface area contributed by atoms with Crippen LogP contribution >= 0.6 is 11.6 Å². The van der Waals surface area contributed by atoms with Gasteiger partial charge in [0.25, 0.3) is 5.69 Å². The number of rotatable bonds is 5. The highest BCUT2D eigenvalue weighted by Crippen LogP contribution is 2.16. The van der Waals surface area contributed by atoms with Gasteiger partial charge in [-0.3, -0.25) is 19.1 Å². The van der Waals surface area contributed by atoms with Gasteiger partial charge in [-0.15, -0.1) is 0 Å². The zero-order chi connectivity index (χ0) is 15.4. The molecule has 1 atom stereocenters. The van der Waals surface area contributed by atoms with E-state index in [1.54, 1.807) is 24.3 Å². The molecule has 1 unspecified atom stereocenters. The first-order valence-corrected chi connectivity index (χ1v) is 7.58. The summed E-state index contributed by atoms with van der Waals surface area (Å²) >= 11 is 5.73. The molecule has 7 heteroatoms. The summed E-state index contributed by atoms with van der Waals surface area (Å²) in [6, 6.07) is 11.6. The zero-order valence-corrected chi connectivity index (χ0v) is 12.3. The molecule has 0 aliphatic carbocycles. The standard InChI is InChI=1S/C14H10ClNO4S/c15-11-3-1-10(2-4-11)14(17)9-21(20)13-7-5-12(6-8-13)16(18)19/h1-8H,9H2. The number of Topliss-reactive ketones (excluding diaryl/α,β-unsaturated/α-hetero) is 1. The summed E-state index contributed by atoms with van der Waals surface area (Å²) in [7, 11) is -1.55. The van der Waals surface area contributed by atoms with Gasteiger partial charge < -0.3 is 0 Å². The molecule has 0 radical (unpaired) electrons. The molecule has 2 aromatic carbocycles. The van der Waals surface area contributed by atoms with Crippen LogP contribution < -0.4 is 0 Å². The highest BCUT2D eigenvalue weighted by atomic mass is 35.5. The fourth-order valence-electron chi connectivity index (χ4n) is 1.64. The van der Waals surface area contributed by atoms with Gasteiger partial charge in [-0.05, 0) is 36.4 Å². The summed E-state index contributed by atoms with van der Waals surface area (Å²) in [5.41, 5.74) is 0.342. The van der Waals surface area contributed by atoms with Crippen molar-refractivity contribution in [2.45, 2.75) is 4.90 Å². The fourth-order valence-corrected chi connectivity index (χ4v) is 2.78. The van der Waals surface area contributed by atoms with E-state index in [1.165, 1.54) is 24.3 Å². The second-order valence-electron chi connectivity index (χ2n) is 4.17. The minimum absolute atomic E-state index is 0.0835. The number of hydrogen-bond acceptors (Lipinski definition) is 4. The van der Waals surface area contributed by atoms with Crippen LogP contribution in [0.25, 0.3) is 0 Å². The third-order valence-corrected chi connectivity index (χ3v) is 4.31. The van der Waals surface area contributed by atoms with Gasteiger partial charge in [-0.1, -0.05) is 11.6 Å². The molecule has 2 rings (SSSR count). The van der Waals surface area contributed by atoms with Crippen LogP contribution in [0.1, 0.15) is 10.4 Å². The Balaban J connectivity index is 2.08. The highest BCUT2D eigenvalue weighted by molar-refractivity contribution is 7.85. The Morgan fingerprint density at radius 2 is 1.67 bits per heavy atom. The van der Waals surface area contributed by atoms with E-state index in [0.717, 1.165) is 0 Å². The molecule has 0 N–H and O–H groups in total. The highest BCUT2D eigenvalue weighted by Gasteiger charge is 2.13. The van der Waals surface area contributed by atoms with Crippen LogP contribution in [0.2, 0.25) is 5.02 Å². The number of non-ortho nitro benzene ring substituents is 1. The minimum atomic E-state index is -1.55. The maximum Gasteiger partial charge on any atom is 0.269 e. The fraction of sp³-hybridized carbons (Fsp3) is 0.0714. The van der Waals surface area contributed by atoms with E-state index < -0.39 is 15.7 Å². The minimum Gasteiger partial charge on any atom is -0.293 e. The summed E-state index contributed by atoms with van der Waals surface area (Å²) in [6.45, 7) is 0. The van der Waals surface area contributed by atoms with Crippen molar-refractivity contribution >= 4 is 33.9 Å². The van der Waals surface area contributed by atoms with Crippen molar-refractivity contribution in [1.29, 1.82) is 0 Å². The molecule has 108 valence electrons. The van der Waals surface area contributed by atoms with Crippen molar-refractivity contribution in [1.82, 2.24) is 0 Å². The molecule has 0 saturated carbocycles. The Morgan fingerprint density at radius 1 is 1.10 bits per heavy atom. The lowest BCUT2D eigenvalue weighted by Gasteiger charge is -2.02. The number of hydrogen-bond donors (Lipinski definition) is 0. The van der Waals surface area contributed by atoms with Crippen LogP contribution in [0, 0.1) is 10.1 Å². The number of benzene rings is 2. The number of nitro benzene ring substituents is 1. The van der Waals surface area contributed by atoms with E-state index in [0.29, 0.717) is 15.5 Å². The van der Waals surface area contributed by atoms with Crippen LogP contribution in [0.4, 0.5) is 5.69 Å². The third kappa shape index (κ3) is 3.96. The smallest absolute Gasteiger partial charge is 0.269 e. The maximum absolute atomic E-state index is 12.1. The van der Waals surface area contributed by atoms with Gasteiger partial charge in [0.05, 0.1) is 21.5 Å². The van der Waals surface area contributed by atoms with Gasteiger partial charge in [0.1, 0.15) is 0 Å². The third-order valence-electron chi connectivity index (χ3n) is 2.74. The molecular weight excluding hydrogens is 314 g/mol. The molecule has 0 bridgehead atoms. The zero-order valence-electron chi connectivity index (χ0n) is 10.7. The molecule has 21 heavy (non-hydrogen) atoms. The van der Waals surface area contributed by atoms with Crippen molar-refractivity contribution < 1.29 is 13.9 Å². The summed E-state index contributed by atoms with van der Waals surface area (Å²) in [6.07, 6.45) is 0. The maximum atomic E-state index is 12.1. The average Bonchev–Trinajstić information content (AvgIpc) is 2.47.